The molecule has 0 aromatic rings. The number of carboxylic acid groups (broad SMARTS) is 2. The van der Waals surface area contributed by atoms with Gasteiger partial charge in [0.1, 0.15) is 0 Å². The van der Waals surface area contributed by atoms with Crippen molar-refractivity contribution in [1.29, 1.82) is 0 Å². The Morgan fingerprint density at radius 3 is 2.18 bits per heavy atom. The van der Waals surface area contributed by atoms with Crippen LogP contribution in [0.1, 0.15) is 0 Å². The Morgan fingerprint density at radius 2 is 1.82 bits per heavy atom. The number of rotatable bonds is 2. The summed E-state index contributed by atoms with van der Waals surface area (Å²) < 4.78 is 37.8. The molecule has 1 aliphatic heterocycles. The van der Waals surface area contributed by atoms with Crippen molar-refractivity contribution in [2.75, 3.05) is 0 Å². The van der Waals surface area contributed by atoms with Gasteiger partial charge in [0.25, 0.3) is 0 Å². The highest BCUT2D eigenvalue weighted by Gasteiger charge is 2.57. The Morgan fingerprint density at radius 1 is 1.29 bits per heavy atom. The average molecular weight is 252 g/mol. The van der Waals surface area contributed by atoms with Crippen LogP contribution >= 0.6 is 0 Å². The number of halogens is 3. The standard InChI is InChI=1S/C8H7F3N2O4/c9-8(10,11)7(12)4(6(16)17)1-3(2-13-7)5(14)15/h1-2,13H,12H2,(H,14,15)(H,16,17). The van der Waals surface area contributed by atoms with Crippen LogP contribution in [0.25, 0.3) is 0 Å². The van der Waals surface area contributed by atoms with Crippen molar-refractivity contribution in [3.8, 4) is 0 Å². The molecule has 0 aromatic carbocycles. The van der Waals surface area contributed by atoms with Crippen molar-refractivity contribution in [3.63, 3.8) is 0 Å². The van der Waals surface area contributed by atoms with Gasteiger partial charge in [0.15, 0.2) is 0 Å². The average Bonchev–Trinajstić information content (AvgIpc) is 2.15. The molecule has 0 aliphatic carbocycles. The molecule has 0 saturated carbocycles. The molecule has 0 bridgehead atoms. The van der Waals surface area contributed by atoms with Crippen LogP contribution in [-0.4, -0.2) is 34.0 Å². The smallest absolute Gasteiger partial charge is 0.429 e. The molecule has 5 N–H and O–H groups in total. The van der Waals surface area contributed by atoms with E-state index in [4.69, 9.17) is 15.9 Å². The van der Waals surface area contributed by atoms with Gasteiger partial charge in [-0.25, -0.2) is 9.59 Å². The maximum absolute atomic E-state index is 12.6. The van der Waals surface area contributed by atoms with Crippen LogP contribution in [-0.2, 0) is 9.59 Å². The topological polar surface area (TPSA) is 113 Å². The lowest BCUT2D eigenvalue weighted by atomic mass is 9.94. The predicted molar refractivity (Wildman–Crippen MR) is 47.5 cm³/mol. The maximum Gasteiger partial charge on any atom is 0.429 e. The molecule has 9 heteroatoms. The summed E-state index contributed by atoms with van der Waals surface area (Å²) in [4.78, 5) is 21.2. The molecule has 6 nitrogen and oxygen atoms in total. The Labute approximate surface area is 92.2 Å². The summed E-state index contributed by atoms with van der Waals surface area (Å²) in [5.74, 6) is -3.52. The van der Waals surface area contributed by atoms with E-state index in [0.717, 1.165) is 0 Å². The molecule has 0 saturated heterocycles. The van der Waals surface area contributed by atoms with E-state index in [1.165, 1.54) is 0 Å². The molecule has 0 spiro atoms. The highest BCUT2D eigenvalue weighted by Crippen LogP contribution is 2.34. The number of alkyl halides is 3. The second kappa shape index (κ2) is 3.77. The molecule has 0 radical (unpaired) electrons. The fraction of sp³-hybridized carbons (Fsp3) is 0.250. The van der Waals surface area contributed by atoms with E-state index in [2.05, 4.69) is 0 Å². The maximum atomic E-state index is 12.6. The monoisotopic (exact) mass is 252 g/mol. The van der Waals surface area contributed by atoms with E-state index >= 15 is 0 Å². The molecule has 1 atom stereocenters. The molecule has 0 aromatic heterocycles. The van der Waals surface area contributed by atoms with Gasteiger partial charge >= 0.3 is 18.1 Å². The van der Waals surface area contributed by atoms with Crippen molar-refractivity contribution in [2.24, 2.45) is 5.73 Å². The predicted octanol–water partition coefficient (Wildman–Crippen LogP) is -0.214. The second-order valence-electron chi connectivity index (χ2n) is 3.22. The van der Waals surface area contributed by atoms with Crippen molar-refractivity contribution in [2.45, 2.75) is 11.8 Å². The van der Waals surface area contributed by atoms with Gasteiger partial charge in [0.2, 0.25) is 5.66 Å². The first-order valence-corrected chi connectivity index (χ1v) is 4.12. The third-order valence-electron chi connectivity index (χ3n) is 2.10. The SMILES string of the molecule is NC1(C(F)(F)F)NC=C(C(=O)O)C=C1C(=O)O. The Kier molecular flexibility index (Phi) is 2.89. The quantitative estimate of drug-likeness (QED) is 0.540. The largest absolute Gasteiger partial charge is 0.478 e. The highest BCUT2D eigenvalue weighted by molar-refractivity contribution is 5.97. The number of nitrogens with one attached hydrogen (secondary N) is 1. The first kappa shape index (κ1) is 13.0. The first-order valence-electron chi connectivity index (χ1n) is 4.12. The summed E-state index contributed by atoms with van der Waals surface area (Å²) in [7, 11) is 0. The minimum absolute atomic E-state index is 0.370. The number of carboxylic acids is 2. The van der Waals surface area contributed by atoms with Gasteiger partial charge in [0, 0.05) is 6.20 Å². The van der Waals surface area contributed by atoms with Crippen LogP contribution in [0.5, 0.6) is 0 Å². The lowest BCUT2D eigenvalue weighted by Gasteiger charge is -2.34. The lowest BCUT2D eigenvalue weighted by Crippen LogP contribution is -2.65. The van der Waals surface area contributed by atoms with Crippen LogP contribution < -0.4 is 11.1 Å². The summed E-state index contributed by atoms with van der Waals surface area (Å²) in [6.45, 7) is 0. The molecule has 1 unspecified atom stereocenters. The molecule has 0 amide bonds. The minimum Gasteiger partial charge on any atom is -0.478 e. The Bertz CT molecular complexity index is 441. The van der Waals surface area contributed by atoms with E-state index in [0.29, 0.717) is 12.3 Å². The zero-order valence-electron chi connectivity index (χ0n) is 8.08. The summed E-state index contributed by atoms with van der Waals surface area (Å²) >= 11 is 0. The number of nitrogens with two attached hydrogens (primary N) is 1. The van der Waals surface area contributed by atoms with Crippen LogP contribution in [0.3, 0.4) is 0 Å². The molecule has 94 valence electrons. The van der Waals surface area contributed by atoms with E-state index < -0.39 is 34.9 Å². The van der Waals surface area contributed by atoms with E-state index in [-0.39, 0.29) is 0 Å². The molecule has 1 rings (SSSR count). The van der Waals surface area contributed by atoms with Gasteiger partial charge in [-0.15, -0.1) is 0 Å². The van der Waals surface area contributed by atoms with Crippen molar-refractivity contribution in [1.82, 2.24) is 5.32 Å². The van der Waals surface area contributed by atoms with Gasteiger partial charge in [-0.1, -0.05) is 0 Å². The van der Waals surface area contributed by atoms with Gasteiger partial charge in [-0.2, -0.15) is 13.2 Å². The second-order valence-corrected chi connectivity index (χ2v) is 3.22. The summed E-state index contributed by atoms with van der Waals surface area (Å²) in [5, 5.41) is 18.7. The molecule has 17 heavy (non-hydrogen) atoms. The molecular formula is C8H7F3N2O4. The van der Waals surface area contributed by atoms with Crippen molar-refractivity contribution >= 4 is 11.9 Å². The highest BCUT2D eigenvalue weighted by atomic mass is 19.4. The van der Waals surface area contributed by atoms with Gasteiger partial charge in [0.05, 0.1) is 11.1 Å². The summed E-state index contributed by atoms with van der Waals surface area (Å²) in [6, 6.07) is 0. The Hall–Kier alpha value is -2.03. The number of hydrogen-bond acceptors (Lipinski definition) is 4. The van der Waals surface area contributed by atoms with Crippen molar-refractivity contribution in [3.05, 3.63) is 23.4 Å². The number of carbonyl (C=O) groups is 2. The van der Waals surface area contributed by atoms with E-state index in [1.54, 1.807) is 5.32 Å². The fourth-order valence-electron chi connectivity index (χ4n) is 1.17. The van der Waals surface area contributed by atoms with Gasteiger partial charge in [-0.3, -0.25) is 5.73 Å². The van der Waals surface area contributed by atoms with Gasteiger partial charge < -0.3 is 15.5 Å². The summed E-state index contributed by atoms with van der Waals surface area (Å²) in [6.07, 6.45) is -4.21. The normalized spacial score (nSPS) is 24.5. The number of dihydropyridines is 1. The summed E-state index contributed by atoms with van der Waals surface area (Å²) in [5.41, 5.74) is -0.306. The number of hydrogen-bond donors (Lipinski definition) is 4. The molecule has 1 heterocycles. The number of aliphatic carboxylic acids is 2. The molecular weight excluding hydrogens is 245 g/mol. The van der Waals surface area contributed by atoms with Crippen LogP contribution in [0, 0.1) is 0 Å². The van der Waals surface area contributed by atoms with E-state index in [1.807, 2.05) is 0 Å². The van der Waals surface area contributed by atoms with Crippen LogP contribution in [0.2, 0.25) is 0 Å². The third-order valence-corrected chi connectivity index (χ3v) is 2.10. The zero-order valence-corrected chi connectivity index (χ0v) is 8.08. The Balaban J connectivity index is 3.30. The van der Waals surface area contributed by atoms with Crippen LogP contribution in [0.15, 0.2) is 23.4 Å². The van der Waals surface area contributed by atoms with Crippen LogP contribution in [0.4, 0.5) is 13.2 Å². The van der Waals surface area contributed by atoms with Crippen molar-refractivity contribution < 1.29 is 33.0 Å². The lowest BCUT2D eigenvalue weighted by molar-refractivity contribution is -0.184. The minimum atomic E-state index is -5.09. The molecule has 0 fully saturated rings. The zero-order chi connectivity index (χ0) is 13.4. The fourth-order valence-corrected chi connectivity index (χ4v) is 1.17. The van der Waals surface area contributed by atoms with E-state index in [9.17, 15) is 22.8 Å². The third kappa shape index (κ3) is 2.09. The molecule has 1 aliphatic rings. The first-order chi connectivity index (χ1) is 7.59. The van der Waals surface area contributed by atoms with Gasteiger partial charge in [-0.05, 0) is 6.08 Å².